The minimum atomic E-state index is 0.680. The summed E-state index contributed by atoms with van der Waals surface area (Å²) in [6.45, 7) is 1.99. The van der Waals surface area contributed by atoms with E-state index in [-0.39, 0.29) is 0 Å². The highest BCUT2D eigenvalue weighted by Gasteiger charge is 2.09. The third kappa shape index (κ3) is 3.99. The summed E-state index contributed by atoms with van der Waals surface area (Å²) in [5, 5.41) is 12.7. The van der Waals surface area contributed by atoms with Crippen molar-refractivity contribution in [1.29, 1.82) is 0 Å². The lowest BCUT2D eigenvalue weighted by Crippen LogP contribution is -2.01. The topological polar surface area (TPSA) is 32.6 Å². The van der Waals surface area contributed by atoms with Gasteiger partial charge in [-0.1, -0.05) is 54.5 Å². The second-order valence-corrected chi connectivity index (χ2v) is 5.48. The first-order chi connectivity index (χ1) is 10.3. The summed E-state index contributed by atoms with van der Waals surface area (Å²) in [5.41, 5.74) is 3.80. The molecule has 0 atom stereocenters. The molecule has 0 aliphatic rings. The lowest BCUT2D eigenvalue weighted by atomic mass is 9.97. The second kappa shape index (κ2) is 7.70. The van der Waals surface area contributed by atoms with E-state index in [4.69, 9.17) is 0 Å². The number of thioether (sulfide) groups is 1. The molecule has 0 aliphatic heterocycles. The first kappa shape index (κ1) is 15.4. The van der Waals surface area contributed by atoms with E-state index >= 15 is 0 Å². The van der Waals surface area contributed by atoms with Gasteiger partial charge in [-0.15, -0.1) is 11.8 Å². The fourth-order valence-corrected chi connectivity index (χ4v) is 2.54. The number of benzene rings is 2. The molecule has 0 unspecified atom stereocenters. The van der Waals surface area contributed by atoms with E-state index in [1.165, 1.54) is 4.90 Å². The average molecular weight is 297 g/mol. The molecule has 1 N–H and O–H groups in total. The third-order valence-electron chi connectivity index (χ3n) is 3.28. The molecule has 3 heteroatoms. The van der Waals surface area contributed by atoms with Crippen molar-refractivity contribution in [3.05, 3.63) is 65.7 Å². The van der Waals surface area contributed by atoms with E-state index in [0.717, 1.165) is 16.7 Å². The molecule has 0 spiro atoms. The highest BCUT2D eigenvalue weighted by atomic mass is 32.2. The minimum Gasteiger partial charge on any atom is -0.411 e. The van der Waals surface area contributed by atoms with Crippen molar-refractivity contribution in [2.45, 2.75) is 18.2 Å². The second-order valence-electron chi connectivity index (χ2n) is 4.60. The minimum absolute atomic E-state index is 0.680. The standard InChI is InChI=1S/C18H19NOS/c1-3-18(19-20)17(13-14-7-5-4-6-8-14)15-9-11-16(21-2)12-10-15/h4-13,20H,3H2,1-2H3. The van der Waals surface area contributed by atoms with Crippen molar-refractivity contribution in [2.75, 3.05) is 6.26 Å². The van der Waals surface area contributed by atoms with Gasteiger partial charge in [0.15, 0.2) is 0 Å². The van der Waals surface area contributed by atoms with E-state index in [1.807, 2.05) is 37.3 Å². The molecular weight excluding hydrogens is 278 g/mol. The van der Waals surface area contributed by atoms with Crippen molar-refractivity contribution < 1.29 is 5.21 Å². The van der Waals surface area contributed by atoms with E-state index in [0.29, 0.717) is 12.1 Å². The Labute approximate surface area is 130 Å². The summed E-state index contributed by atoms with van der Waals surface area (Å²) >= 11 is 1.71. The maximum atomic E-state index is 9.28. The van der Waals surface area contributed by atoms with E-state index in [1.54, 1.807) is 11.8 Å². The molecule has 2 rings (SSSR count). The van der Waals surface area contributed by atoms with Gasteiger partial charge in [0.2, 0.25) is 0 Å². The third-order valence-corrected chi connectivity index (χ3v) is 4.02. The molecular formula is C18H19NOS. The fraction of sp³-hybridized carbons (Fsp3) is 0.167. The van der Waals surface area contributed by atoms with Crippen LogP contribution in [0.3, 0.4) is 0 Å². The van der Waals surface area contributed by atoms with Crippen molar-refractivity contribution in [3.63, 3.8) is 0 Å². The van der Waals surface area contributed by atoms with Crippen LogP contribution in [-0.2, 0) is 0 Å². The Morgan fingerprint density at radius 3 is 2.29 bits per heavy atom. The van der Waals surface area contributed by atoms with Crippen molar-refractivity contribution >= 4 is 29.1 Å². The SMILES string of the molecule is CCC(=NO)C(=Cc1ccccc1)c1ccc(SC)cc1. The molecule has 2 nitrogen and oxygen atoms in total. The van der Waals surface area contributed by atoms with Crippen LogP contribution in [0.5, 0.6) is 0 Å². The summed E-state index contributed by atoms with van der Waals surface area (Å²) in [6, 6.07) is 18.4. The zero-order chi connectivity index (χ0) is 15.1. The van der Waals surface area contributed by atoms with Crippen molar-refractivity contribution in [3.8, 4) is 0 Å². The number of rotatable bonds is 5. The van der Waals surface area contributed by atoms with Crippen LogP contribution in [0.4, 0.5) is 0 Å². The molecule has 0 heterocycles. The smallest absolute Gasteiger partial charge is 0.0871 e. The number of oxime groups is 1. The molecule has 0 bridgehead atoms. The van der Waals surface area contributed by atoms with Crippen molar-refractivity contribution in [1.82, 2.24) is 0 Å². The maximum Gasteiger partial charge on any atom is 0.0871 e. The first-order valence-corrected chi connectivity index (χ1v) is 8.13. The van der Waals surface area contributed by atoms with Crippen LogP contribution in [0.15, 0.2) is 64.6 Å². The van der Waals surface area contributed by atoms with E-state index < -0.39 is 0 Å². The van der Waals surface area contributed by atoms with Crippen molar-refractivity contribution in [2.24, 2.45) is 5.16 Å². The van der Waals surface area contributed by atoms with E-state index in [2.05, 4.69) is 41.8 Å². The van der Waals surface area contributed by atoms with Gasteiger partial charge in [-0.25, -0.2) is 0 Å². The molecule has 0 amide bonds. The van der Waals surface area contributed by atoms with Crippen LogP contribution < -0.4 is 0 Å². The molecule has 0 saturated carbocycles. The Balaban J connectivity index is 2.47. The van der Waals surface area contributed by atoms with Gasteiger partial charge >= 0.3 is 0 Å². The van der Waals surface area contributed by atoms with Gasteiger partial charge in [-0.05, 0) is 42.0 Å². The largest absolute Gasteiger partial charge is 0.411 e. The molecule has 0 saturated heterocycles. The van der Waals surface area contributed by atoms with Gasteiger partial charge in [0.05, 0.1) is 5.71 Å². The highest BCUT2D eigenvalue weighted by Crippen LogP contribution is 2.24. The molecule has 0 aliphatic carbocycles. The number of hydrogen-bond acceptors (Lipinski definition) is 3. The Kier molecular flexibility index (Phi) is 5.64. The molecule has 2 aromatic carbocycles. The number of nitrogens with zero attached hydrogens (tertiary/aromatic N) is 1. The van der Waals surface area contributed by atoms with Crippen LogP contribution >= 0.6 is 11.8 Å². The molecule has 21 heavy (non-hydrogen) atoms. The van der Waals surface area contributed by atoms with Gasteiger partial charge in [-0.2, -0.15) is 0 Å². The predicted molar refractivity (Wildman–Crippen MR) is 92.0 cm³/mol. The summed E-state index contributed by atoms with van der Waals surface area (Å²) in [5.74, 6) is 0. The first-order valence-electron chi connectivity index (χ1n) is 6.91. The van der Waals surface area contributed by atoms with Gasteiger partial charge < -0.3 is 5.21 Å². The van der Waals surface area contributed by atoms with Crippen LogP contribution in [0.1, 0.15) is 24.5 Å². The van der Waals surface area contributed by atoms with Gasteiger partial charge in [0, 0.05) is 10.5 Å². The summed E-state index contributed by atoms with van der Waals surface area (Å²) < 4.78 is 0. The Morgan fingerprint density at radius 1 is 1.10 bits per heavy atom. The molecule has 2 aromatic rings. The summed E-state index contributed by atoms with van der Waals surface area (Å²) in [4.78, 5) is 1.22. The van der Waals surface area contributed by atoms with Crippen LogP contribution in [0.2, 0.25) is 0 Å². The number of hydrogen-bond donors (Lipinski definition) is 1. The molecule has 0 aromatic heterocycles. The zero-order valence-electron chi connectivity index (χ0n) is 12.3. The lowest BCUT2D eigenvalue weighted by Gasteiger charge is -2.09. The average Bonchev–Trinajstić information content (AvgIpc) is 2.56. The quantitative estimate of drug-likeness (QED) is 0.271. The van der Waals surface area contributed by atoms with Crippen LogP contribution in [0, 0.1) is 0 Å². The van der Waals surface area contributed by atoms with Gasteiger partial charge in [0.1, 0.15) is 0 Å². The Bertz CT molecular complexity index is 630. The Morgan fingerprint density at radius 2 is 1.76 bits per heavy atom. The maximum absolute atomic E-state index is 9.28. The fourth-order valence-electron chi connectivity index (χ4n) is 2.13. The lowest BCUT2D eigenvalue weighted by molar-refractivity contribution is 0.319. The number of allylic oxidation sites excluding steroid dienone is 1. The normalized spacial score (nSPS) is 12.5. The van der Waals surface area contributed by atoms with Gasteiger partial charge in [-0.3, -0.25) is 0 Å². The van der Waals surface area contributed by atoms with E-state index in [9.17, 15) is 5.21 Å². The predicted octanol–water partition coefficient (Wildman–Crippen LogP) is 5.19. The summed E-state index contributed by atoms with van der Waals surface area (Å²) in [7, 11) is 0. The Hall–Kier alpha value is -2.00. The molecule has 108 valence electrons. The summed E-state index contributed by atoms with van der Waals surface area (Å²) in [6.07, 6.45) is 4.80. The highest BCUT2D eigenvalue weighted by molar-refractivity contribution is 7.98. The van der Waals surface area contributed by atoms with Crippen LogP contribution in [0.25, 0.3) is 11.6 Å². The molecule has 0 radical (unpaired) electrons. The van der Waals surface area contributed by atoms with Gasteiger partial charge in [0.25, 0.3) is 0 Å². The van der Waals surface area contributed by atoms with Crippen LogP contribution in [-0.4, -0.2) is 17.2 Å². The molecule has 0 fully saturated rings. The monoisotopic (exact) mass is 297 g/mol. The zero-order valence-corrected chi connectivity index (χ0v) is 13.1.